The molecule has 19 heavy (non-hydrogen) atoms. The first-order valence-electron chi connectivity index (χ1n) is 5.89. The number of aliphatic hydroxyl groups excluding tert-OH is 1. The second-order valence-electron chi connectivity index (χ2n) is 4.30. The monoisotopic (exact) mass is 266 g/mol. The van der Waals surface area contributed by atoms with Crippen LogP contribution >= 0.6 is 0 Å². The Morgan fingerprint density at radius 3 is 2.37 bits per heavy atom. The van der Waals surface area contributed by atoms with Crippen LogP contribution in [0.4, 0.5) is 4.79 Å². The maximum Gasteiger partial charge on any atom is 0.335 e. The van der Waals surface area contributed by atoms with Crippen LogP contribution in [0.25, 0.3) is 0 Å². The number of carbonyl (C=O) groups is 2. The van der Waals surface area contributed by atoms with E-state index in [4.69, 9.17) is 10.2 Å². The SMILES string of the molecule is C[C@@H](CO)N(C)C(=O)NCc1ccc(C(=O)O)cc1. The summed E-state index contributed by atoms with van der Waals surface area (Å²) in [5.41, 5.74) is 1.02. The molecule has 2 amide bonds. The maximum absolute atomic E-state index is 11.7. The zero-order chi connectivity index (χ0) is 14.4. The van der Waals surface area contributed by atoms with Gasteiger partial charge in [-0.1, -0.05) is 12.1 Å². The molecule has 1 aromatic rings. The number of aliphatic hydroxyl groups is 1. The van der Waals surface area contributed by atoms with E-state index in [9.17, 15) is 9.59 Å². The third-order valence-electron chi connectivity index (χ3n) is 2.89. The minimum atomic E-state index is -0.980. The molecule has 1 rings (SSSR count). The number of aromatic carboxylic acids is 1. The van der Waals surface area contributed by atoms with E-state index in [1.807, 2.05) is 0 Å². The summed E-state index contributed by atoms with van der Waals surface area (Å²) in [6.45, 7) is 1.94. The molecule has 1 aromatic carbocycles. The van der Waals surface area contributed by atoms with Crippen molar-refractivity contribution in [3.63, 3.8) is 0 Å². The van der Waals surface area contributed by atoms with Gasteiger partial charge in [0.05, 0.1) is 18.2 Å². The molecule has 6 nitrogen and oxygen atoms in total. The van der Waals surface area contributed by atoms with Crippen molar-refractivity contribution in [2.75, 3.05) is 13.7 Å². The fourth-order valence-electron chi connectivity index (χ4n) is 1.39. The van der Waals surface area contributed by atoms with Gasteiger partial charge in [0.2, 0.25) is 0 Å². The molecule has 0 saturated heterocycles. The van der Waals surface area contributed by atoms with Gasteiger partial charge in [-0.3, -0.25) is 0 Å². The Labute approximate surface area is 111 Å². The number of hydrogen-bond donors (Lipinski definition) is 3. The molecule has 0 aromatic heterocycles. The van der Waals surface area contributed by atoms with E-state index in [0.29, 0.717) is 6.54 Å². The zero-order valence-corrected chi connectivity index (χ0v) is 11.0. The first-order valence-corrected chi connectivity index (χ1v) is 5.89. The number of benzene rings is 1. The molecule has 0 aliphatic heterocycles. The zero-order valence-electron chi connectivity index (χ0n) is 11.0. The number of carboxylic acid groups (broad SMARTS) is 1. The Morgan fingerprint density at radius 1 is 1.32 bits per heavy atom. The molecule has 0 fully saturated rings. The summed E-state index contributed by atoms with van der Waals surface area (Å²) in [7, 11) is 1.60. The van der Waals surface area contributed by atoms with Crippen LogP contribution in [0.2, 0.25) is 0 Å². The Bertz CT molecular complexity index is 444. The van der Waals surface area contributed by atoms with Crippen molar-refractivity contribution < 1.29 is 19.8 Å². The van der Waals surface area contributed by atoms with Crippen molar-refractivity contribution in [3.05, 3.63) is 35.4 Å². The van der Waals surface area contributed by atoms with E-state index in [-0.39, 0.29) is 24.2 Å². The van der Waals surface area contributed by atoms with Gasteiger partial charge in [-0.05, 0) is 24.6 Å². The van der Waals surface area contributed by atoms with E-state index in [1.54, 1.807) is 26.1 Å². The van der Waals surface area contributed by atoms with E-state index < -0.39 is 5.97 Å². The van der Waals surface area contributed by atoms with E-state index in [1.165, 1.54) is 17.0 Å². The van der Waals surface area contributed by atoms with Crippen LogP contribution in [0, 0.1) is 0 Å². The van der Waals surface area contributed by atoms with Gasteiger partial charge < -0.3 is 20.4 Å². The molecule has 0 radical (unpaired) electrons. The summed E-state index contributed by atoms with van der Waals surface area (Å²) >= 11 is 0. The lowest BCUT2D eigenvalue weighted by Crippen LogP contribution is -2.43. The Morgan fingerprint density at radius 2 is 1.89 bits per heavy atom. The Kier molecular flexibility index (Phi) is 5.32. The molecule has 0 aliphatic carbocycles. The summed E-state index contributed by atoms with van der Waals surface area (Å²) in [6.07, 6.45) is 0. The molecule has 1 atom stereocenters. The van der Waals surface area contributed by atoms with Gasteiger partial charge in [0, 0.05) is 13.6 Å². The second kappa shape index (κ2) is 6.75. The predicted octanol–water partition coefficient (Wildman–Crippen LogP) is 0.907. The third-order valence-corrected chi connectivity index (χ3v) is 2.89. The van der Waals surface area contributed by atoms with Crippen LogP contribution in [-0.2, 0) is 6.54 Å². The van der Waals surface area contributed by atoms with Crippen molar-refractivity contribution in [2.24, 2.45) is 0 Å². The number of carboxylic acids is 1. The molecule has 3 N–H and O–H groups in total. The first kappa shape index (κ1) is 15.0. The quantitative estimate of drug-likeness (QED) is 0.739. The number of likely N-dealkylation sites (N-methyl/N-ethyl adjacent to an activating group) is 1. The van der Waals surface area contributed by atoms with Gasteiger partial charge in [0.25, 0.3) is 0 Å². The van der Waals surface area contributed by atoms with E-state index in [0.717, 1.165) is 5.56 Å². The lowest BCUT2D eigenvalue weighted by Gasteiger charge is -2.23. The van der Waals surface area contributed by atoms with Crippen molar-refractivity contribution in [2.45, 2.75) is 19.5 Å². The first-order chi connectivity index (χ1) is 8.95. The minimum absolute atomic E-state index is 0.1000. The third kappa shape index (κ3) is 4.26. The lowest BCUT2D eigenvalue weighted by atomic mass is 10.1. The second-order valence-corrected chi connectivity index (χ2v) is 4.30. The van der Waals surface area contributed by atoms with Crippen molar-refractivity contribution >= 4 is 12.0 Å². The standard InChI is InChI=1S/C13H18N2O4/c1-9(8-16)15(2)13(19)14-7-10-3-5-11(6-4-10)12(17)18/h3-6,9,16H,7-8H2,1-2H3,(H,14,19)(H,17,18)/t9-/m0/s1. The van der Waals surface area contributed by atoms with Crippen LogP contribution in [-0.4, -0.2) is 46.8 Å². The Balaban J connectivity index is 2.52. The number of nitrogens with one attached hydrogen (secondary N) is 1. The molecule has 0 heterocycles. The highest BCUT2D eigenvalue weighted by Gasteiger charge is 2.14. The van der Waals surface area contributed by atoms with Crippen molar-refractivity contribution in [1.29, 1.82) is 0 Å². The van der Waals surface area contributed by atoms with E-state index in [2.05, 4.69) is 5.32 Å². The van der Waals surface area contributed by atoms with Gasteiger partial charge >= 0.3 is 12.0 Å². The summed E-state index contributed by atoms with van der Waals surface area (Å²) in [5, 5.41) is 20.4. The maximum atomic E-state index is 11.7. The molecular weight excluding hydrogens is 248 g/mol. The molecule has 0 bridgehead atoms. The number of nitrogens with zero attached hydrogens (tertiary/aromatic N) is 1. The average Bonchev–Trinajstić information content (AvgIpc) is 2.43. The number of hydrogen-bond acceptors (Lipinski definition) is 3. The number of rotatable bonds is 5. The summed E-state index contributed by atoms with van der Waals surface area (Å²) in [5.74, 6) is -0.980. The molecule has 104 valence electrons. The Hall–Kier alpha value is -2.08. The molecular formula is C13H18N2O4. The number of amides is 2. The number of urea groups is 1. The largest absolute Gasteiger partial charge is 0.478 e. The topological polar surface area (TPSA) is 89.9 Å². The van der Waals surface area contributed by atoms with Crippen molar-refractivity contribution in [3.8, 4) is 0 Å². The molecule has 0 spiro atoms. The van der Waals surface area contributed by atoms with Crippen molar-refractivity contribution in [1.82, 2.24) is 10.2 Å². The molecule has 0 unspecified atom stereocenters. The fraction of sp³-hybridized carbons (Fsp3) is 0.385. The highest BCUT2D eigenvalue weighted by molar-refractivity contribution is 5.87. The normalized spacial score (nSPS) is 11.7. The van der Waals surface area contributed by atoms with Gasteiger partial charge in [-0.25, -0.2) is 9.59 Å². The van der Waals surface area contributed by atoms with Crippen LogP contribution in [0.1, 0.15) is 22.8 Å². The fourth-order valence-corrected chi connectivity index (χ4v) is 1.39. The highest BCUT2D eigenvalue weighted by Crippen LogP contribution is 2.04. The minimum Gasteiger partial charge on any atom is -0.478 e. The van der Waals surface area contributed by atoms with Gasteiger partial charge in [-0.2, -0.15) is 0 Å². The summed E-state index contributed by atoms with van der Waals surface area (Å²) in [6, 6.07) is 5.74. The average molecular weight is 266 g/mol. The van der Waals surface area contributed by atoms with Gasteiger partial charge in [0.15, 0.2) is 0 Å². The predicted molar refractivity (Wildman–Crippen MR) is 69.9 cm³/mol. The lowest BCUT2D eigenvalue weighted by molar-refractivity contribution is 0.0697. The van der Waals surface area contributed by atoms with Crippen LogP contribution in [0.3, 0.4) is 0 Å². The highest BCUT2D eigenvalue weighted by atomic mass is 16.4. The smallest absolute Gasteiger partial charge is 0.335 e. The van der Waals surface area contributed by atoms with Crippen LogP contribution in [0.15, 0.2) is 24.3 Å². The van der Waals surface area contributed by atoms with Crippen LogP contribution < -0.4 is 5.32 Å². The summed E-state index contributed by atoms with van der Waals surface area (Å²) in [4.78, 5) is 23.8. The van der Waals surface area contributed by atoms with Crippen LogP contribution in [0.5, 0.6) is 0 Å². The molecule has 6 heteroatoms. The van der Waals surface area contributed by atoms with Gasteiger partial charge in [-0.15, -0.1) is 0 Å². The number of carbonyl (C=O) groups excluding carboxylic acids is 1. The van der Waals surface area contributed by atoms with Gasteiger partial charge in [0.1, 0.15) is 0 Å². The van der Waals surface area contributed by atoms with E-state index >= 15 is 0 Å². The molecule has 0 saturated carbocycles. The molecule has 0 aliphatic rings. The summed E-state index contributed by atoms with van der Waals surface area (Å²) < 4.78 is 0.